The molecule has 2 nitrogen and oxygen atoms in total. The molecule has 15 heavy (non-hydrogen) atoms. The highest BCUT2D eigenvalue weighted by Crippen LogP contribution is 2.15. The topological polar surface area (TPSA) is 26.3 Å². The van der Waals surface area contributed by atoms with Crippen LogP contribution in [0.2, 0.25) is 0 Å². The molecule has 2 heteroatoms. The summed E-state index contributed by atoms with van der Waals surface area (Å²) in [7, 11) is 0. The van der Waals surface area contributed by atoms with Crippen LogP contribution in [0.5, 0.6) is 5.75 Å². The molecule has 0 spiro atoms. The largest absolute Gasteiger partial charge is 0.494 e. The van der Waals surface area contributed by atoms with Crippen molar-refractivity contribution < 1.29 is 9.53 Å². The molecule has 0 heterocycles. The maximum absolute atomic E-state index is 10.1. The zero-order chi connectivity index (χ0) is 10.9. The van der Waals surface area contributed by atoms with Gasteiger partial charge in [-0.3, -0.25) is 0 Å². The highest BCUT2D eigenvalue weighted by Gasteiger charge is 1.96. The lowest BCUT2D eigenvalue weighted by Gasteiger charge is -2.05. The molecule has 0 aromatic heterocycles. The normalized spacial score (nSPS) is 9.93. The van der Waals surface area contributed by atoms with E-state index in [4.69, 9.17) is 4.74 Å². The van der Waals surface area contributed by atoms with Crippen LogP contribution in [-0.4, -0.2) is 12.9 Å². The Morgan fingerprint density at radius 2 is 2.20 bits per heavy atom. The smallest absolute Gasteiger partial charge is 0.119 e. The maximum Gasteiger partial charge on any atom is 0.119 e. The fourth-order valence-corrected chi connectivity index (χ4v) is 1.51. The molecule has 0 aliphatic rings. The Bertz CT molecular complexity index is 294. The van der Waals surface area contributed by atoms with Gasteiger partial charge in [0, 0.05) is 6.42 Å². The Morgan fingerprint density at radius 1 is 1.33 bits per heavy atom. The van der Waals surface area contributed by atoms with Crippen molar-refractivity contribution in [2.24, 2.45) is 0 Å². The van der Waals surface area contributed by atoms with Gasteiger partial charge in [-0.1, -0.05) is 12.1 Å². The van der Waals surface area contributed by atoms with E-state index in [-0.39, 0.29) is 0 Å². The number of hydrogen-bond donors (Lipinski definition) is 0. The van der Waals surface area contributed by atoms with Crippen LogP contribution in [-0.2, 0) is 11.2 Å². The van der Waals surface area contributed by atoms with Crippen LogP contribution in [0.15, 0.2) is 24.3 Å². The van der Waals surface area contributed by atoms with Crippen LogP contribution in [0.3, 0.4) is 0 Å². The van der Waals surface area contributed by atoms with Gasteiger partial charge in [-0.15, -0.1) is 0 Å². The van der Waals surface area contributed by atoms with Crippen LogP contribution < -0.4 is 4.74 Å². The molecule has 1 aromatic carbocycles. The molecule has 0 atom stereocenters. The van der Waals surface area contributed by atoms with E-state index in [0.29, 0.717) is 13.0 Å². The molecule has 0 saturated carbocycles. The minimum Gasteiger partial charge on any atom is -0.494 e. The van der Waals surface area contributed by atoms with E-state index in [0.717, 1.165) is 31.3 Å². The molecule has 0 unspecified atom stereocenters. The van der Waals surface area contributed by atoms with Gasteiger partial charge in [-0.25, -0.2) is 0 Å². The summed E-state index contributed by atoms with van der Waals surface area (Å²) in [4.78, 5) is 10.1. The van der Waals surface area contributed by atoms with Crippen LogP contribution in [0, 0.1) is 0 Å². The lowest BCUT2D eigenvalue weighted by Crippen LogP contribution is -1.93. The van der Waals surface area contributed by atoms with E-state index in [1.807, 2.05) is 19.1 Å². The van der Waals surface area contributed by atoms with Crippen molar-refractivity contribution in [3.05, 3.63) is 29.8 Å². The van der Waals surface area contributed by atoms with Gasteiger partial charge in [0.25, 0.3) is 0 Å². The summed E-state index contributed by atoms with van der Waals surface area (Å²) >= 11 is 0. The van der Waals surface area contributed by atoms with E-state index in [1.165, 1.54) is 5.56 Å². The first-order chi connectivity index (χ1) is 7.36. The van der Waals surface area contributed by atoms with Crippen molar-refractivity contribution in [1.82, 2.24) is 0 Å². The molecular weight excluding hydrogens is 188 g/mol. The second kappa shape index (κ2) is 7.04. The second-order valence-electron chi connectivity index (χ2n) is 3.49. The van der Waals surface area contributed by atoms with E-state index in [2.05, 4.69) is 12.1 Å². The average molecular weight is 206 g/mol. The number of aryl methyl sites for hydroxylation is 1. The quantitative estimate of drug-likeness (QED) is 0.506. The van der Waals surface area contributed by atoms with Crippen LogP contribution in [0.4, 0.5) is 0 Å². The highest BCUT2D eigenvalue weighted by molar-refractivity contribution is 5.48. The molecule has 0 amide bonds. The van der Waals surface area contributed by atoms with Gasteiger partial charge in [-0.2, -0.15) is 0 Å². The summed E-state index contributed by atoms with van der Waals surface area (Å²) in [6.07, 6.45) is 4.72. The molecule has 1 aromatic rings. The lowest BCUT2D eigenvalue weighted by atomic mass is 10.1. The summed E-state index contributed by atoms with van der Waals surface area (Å²) in [5.41, 5.74) is 1.28. The maximum atomic E-state index is 10.1. The summed E-state index contributed by atoms with van der Waals surface area (Å²) < 4.78 is 5.42. The van der Waals surface area contributed by atoms with Gasteiger partial charge >= 0.3 is 0 Å². The first-order valence-electron chi connectivity index (χ1n) is 5.52. The van der Waals surface area contributed by atoms with Crippen molar-refractivity contribution in [3.63, 3.8) is 0 Å². The number of hydrogen-bond acceptors (Lipinski definition) is 2. The minimum atomic E-state index is 0.672. The predicted molar refractivity (Wildman–Crippen MR) is 61.2 cm³/mol. The third kappa shape index (κ3) is 4.63. The zero-order valence-corrected chi connectivity index (χ0v) is 9.24. The Labute approximate surface area is 91.3 Å². The third-order valence-electron chi connectivity index (χ3n) is 2.25. The molecule has 1 rings (SSSR count). The molecular formula is C13H18O2. The zero-order valence-electron chi connectivity index (χ0n) is 9.24. The van der Waals surface area contributed by atoms with Gasteiger partial charge in [0.2, 0.25) is 0 Å². The second-order valence-corrected chi connectivity index (χ2v) is 3.49. The number of ether oxygens (including phenoxy) is 1. The van der Waals surface area contributed by atoms with Crippen molar-refractivity contribution in [1.29, 1.82) is 0 Å². The standard InChI is InChI=1S/C13H18O2/c1-2-15-13-9-6-8-12(11-13)7-4-3-5-10-14/h6,8-11H,2-5,7H2,1H3. The van der Waals surface area contributed by atoms with Crippen molar-refractivity contribution in [2.75, 3.05) is 6.61 Å². The van der Waals surface area contributed by atoms with Gasteiger partial charge < -0.3 is 9.53 Å². The molecule has 0 saturated heterocycles. The SMILES string of the molecule is CCOc1cccc(CCCCC=O)c1. The van der Waals surface area contributed by atoms with Gasteiger partial charge in [0.15, 0.2) is 0 Å². The predicted octanol–water partition coefficient (Wildman–Crippen LogP) is 3.00. The minimum absolute atomic E-state index is 0.672. The van der Waals surface area contributed by atoms with Crippen molar-refractivity contribution >= 4 is 6.29 Å². The van der Waals surface area contributed by atoms with Gasteiger partial charge in [0.1, 0.15) is 12.0 Å². The molecule has 0 N–H and O–H groups in total. The van der Waals surface area contributed by atoms with E-state index < -0.39 is 0 Å². The number of carbonyl (C=O) groups excluding carboxylic acids is 1. The Balaban J connectivity index is 2.39. The fraction of sp³-hybridized carbons (Fsp3) is 0.462. The first kappa shape index (κ1) is 11.8. The number of benzene rings is 1. The van der Waals surface area contributed by atoms with Gasteiger partial charge in [-0.05, 0) is 43.9 Å². The summed E-state index contributed by atoms with van der Waals surface area (Å²) in [5, 5.41) is 0. The third-order valence-corrected chi connectivity index (χ3v) is 2.25. The molecule has 0 radical (unpaired) electrons. The van der Waals surface area contributed by atoms with Crippen LogP contribution in [0.1, 0.15) is 31.7 Å². The Hall–Kier alpha value is -1.31. The molecule has 82 valence electrons. The number of unbranched alkanes of at least 4 members (excludes halogenated alkanes) is 2. The summed E-state index contributed by atoms with van der Waals surface area (Å²) in [6, 6.07) is 8.16. The van der Waals surface area contributed by atoms with E-state index >= 15 is 0 Å². The van der Waals surface area contributed by atoms with E-state index in [9.17, 15) is 4.79 Å². The van der Waals surface area contributed by atoms with Crippen LogP contribution >= 0.6 is 0 Å². The van der Waals surface area contributed by atoms with Crippen molar-refractivity contribution in [3.8, 4) is 5.75 Å². The Kier molecular flexibility index (Phi) is 5.52. The number of rotatable bonds is 7. The van der Waals surface area contributed by atoms with Crippen molar-refractivity contribution in [2.45, 2.75) is 32.6 Å². The van der Waals surface area contributed by atoms with Gasteiger partial charge in [0.05, 0.1) is 6.61 Å². The lowest BCUT2D eigenvalue weighted by molar-refractivity contribution is -0.107. The average Bonchev–Trinajstić information content (AvgIpc) is 2.26. The highest BCUT2D eigenvalue weighted by atomic mass is 16.5. The van der Waals surface area contributed by atoms with Crippen LogP contribution in [0.25, 0.3) is 0 Å². The molecule has 0 fully saturated rings. The summed E-state index contributed by atoms with van der Waals surface area (Å²) in [5.74, 6) is 0.936. The first-order valence-corrected chi connectivity index (χ1v) is 5.52. The molecule has 0 bridgehead atoms. The Morgan fingerprint density at radius 3 is 2.93 bits per heavy atom. The molecule has 0 aliphatic heterocycles. The number of carbonyl (C=O) groups is 1. The fourth-order valence-electron chi connectivity index (χ4n) is 1.51. The van der Waals surface area contributed by atoms with E-state index in [1.54, 1.807) is 0 Å². The summed E-state index contributed by atoms with van der Waals surface area (Å²) in [6.45, 7) is 2.69. The monoisotopic (exact) mass is 206 g/mol. The molecule has 0 aliphatic carbocycles. The number of aldehydes is 1.